The molecule has 1 aliphatic heterocycles. The van der Waals surface area contributed by atoms with Crippen LogP contribution in [0.15, 0.2) is 35.0 Å². The third-order valence-electron chi connectivity index (χ3n) is 5.37. The number of esters is 1. The third-order valence-corrected chi connectivity index (χ3v) is 5.70. The molecule has 0 spiro atoms. The average Bonchev–Trinajstić information content (AvgIpc) is 3.33. The highest BCUT2D eigenvalue weighted by molar-refractivity contribution is 6.33. The van der Waals surface area contributed by atoms with Gasteiger partial charge in [0.05, 0.1) is 42.6 Å². The maximum atomic E-state index is 13.1. The molecular weight excluding hydrogens is 422 g/mol. The topological polar surface area (TPSA) is 99.6 Å². The van der Waals surface area contributed by atoms with Gasteiger partial charge in [-0.15, -0.1) is 0 Å². The van der Waals surface area contributed by atoms with Gasteiger partial charge in [-0.1, -0.05) is 48.3 Å². The quantitative estimate of drug-likeness (QED) is 0.522. The Bertz CT molecular complexity index is 1070. The number of nitrogens with zero attached hydrogens (tertiary/aromatic N) is 3. The van der Waals surface area contributed by atoms with Crippen molar-refractivity contribution >= 4 is 17.6 Å². The molecule has 2 aromatic heterocycles. The fraction of sp³-hybridized carbons (Fsp3) is 0.409. The van der Waals surface area contributed by atoms with E-state index in [0.29, 0.717) is 35.1 Å². The van der Waals surface area contributed by atoms with Crippen LogP contribution in [0.1, 0.15) is 41.9 Å². The molecule has 0 saturated carbocycles. The van der Waals surface area contributed by atoms with Crippen molar-refractivity contribution in [2.75, 3.05) is 19.8 Å². The first-order valence-electron chi connectivity index (χ1n) is 10.2. The minimum Gasteiger partial charge on any atom is -0.454 e. The summed E-state index contributed by atoms with van der Waals surface area (Å²) in [6.45, 7) is 4.60. The Morgan fingerprint density at radius 1 is 1.35 bits per heavy atom. The second-order valence-corrected chi connectivity index (χ2v) is 7.90. The molecule has 8 nitrogen and oxygen atoms in total. The van der Waals surface area contributed by atoms with E-state index in [1.165, 1.54) is 0 Å². The van der Waals surface area contributed by atoms with Crippen LogP contribution in [0.3, 0.4) is 0 Å². The van der Waals surface area contributed by atoms with Crippen LogP contribution in [0, 0.1) is 6.92 Å². The molecule has 31 heavy (non-hydrogen) atoms. The maximum absolute atomic E-state index is 13.1. The molecule has 3 heterocycles. The first-order chi connectivity index (χ1) is 15.0. The summed E-state index contributed by atoms with van der Waals surface area (Å²) in [7, 11) is 0. The number of aromatic nitrogens is 3. The second-order valence-electron chi connectivity index (χ2n) is 7.49. The Morgan fingerprint density at radius 2 is 2.13 bits per heavy atom. The Kier molecular flexibility index (Phi) is 6.41. The van der Waals surface area contributed by atoms with Gasteiger partial charge in [0.15, 0.2) is 5.76 Å². The van der Waals surface area contributed by atoms with Crippen LogP contribution in [0.4, 0.5) is 0 Å². The van der Waals surface area contributed by atoms with E-state index < -0.39 is 5.97 Å². The summed E-state index contributed by atoms with van der Waals surface area (Å²) >= 11 is 6.37. The fourth-order valence-corrected chi connectivity index (χ4v) is 3.86. The normalized spacial score (nSPS) is 15.0. The summed E-state index contributed by atoms with van der Waals surface area (Å²) in [5.74, 6) is -0.295. The van der Waals surface area contributed by atoms with Crippen LogP contribution >= 0.6 is 11.6 Å². The van der Waals surface area contributed by atoms with E-state index in [4.69, 9.17) is 25.6 Å². The Morgan fingerprint density at radius 3 is 2.77 bits per heavy atom. The largest absolute Gasteiger partial charge is 0.454 e. The van der Waals surface area contributed by atoms with E-state index in [0.717, 1.165) is 18.5 Å². The number of ether oxygens (including phenoxy) is 2. The van der Waals surface area contributed by atoms with Gasteiger partial charge < -0.3 is 19.1 Å². The van der Waals surface area contributed by atoms with Crippen molar-refractivity contribution in [1.29, 1.82) is 0 Å². The predicted octanol–water partition coefficient (Wildman–Crippen LogP) is 4.06. The van der Waals surface area contributed by atoms with E-state index in [-0.39, 0.29) is 30.1 Å². The Hall–Kier alpha value is -2.68. The first-order valence-corrected chi connectivity index (χ1v) is 10.6. The molecule has 1 atom stereocenters. The van der Waals surface area contributed by atoms with Gasteiger partial charge in [-0.05, 0) is 19.4 Å². The van der Waals surface area contributed by atoms with Gasteiger partial charge in [0, 0.05) is 11.3 Å². The lowest BCUT2D eigenvalue weighted by Gasteiger charge is -2.25. The standard InChI is InChI=1S/C22H24ClN3O5/c1-3-6-14(10-27)26-13(2)17(9-24-26)21-19(22(28)30-15-11-29-12-15)20(25-31-21)16-7-4-5-8-18(16)23/h4-5,7-9,14-15,27H,3,6,10-12H2,1-2H3/t14-/m0/s1. The molecule has 1 saturated heterocycles. The molecule has 9 heteroatoms. The van der Waals surface area contributed by atoms with Crippen LogP contribution in [0.2, 0.25) is 5.02 Å². The first kappa shape index (κ1) is 21.5. The molecule has 0 aliphatic carbocycles. The summed E-state index contributed by atoms with van der Waals surface area (Å²) < 4.78 is 18.1. The van der Waals surface area contributed by atoms with Crippen molar-refractivity contribution in [2.45, 2.75) is 38.8 Å². The molecule has 1 N–H and O–H groups in total. The van der Waals surface area contributed by atoms with Crippen LogP contribution in [0.25, 0.3) is 22.6 Å². The average molecular weight is 446 g/mol. The molecule has 4 rings (SSSR count). The molecule has 0 unspecified atom stereocenters. The Labute approximate surface area is 184 Å². The van der Waals surface area contributed by atoms with Gasteiger partial charge in [0.25, 0.3) is 0 Å². The lowest BCUT2D eigenvalue weighted by atomic mass is 10.0. The number of halogens is 1. The molecule has 0 amide bonds. The number of carbonyl (C=O) groups is 1. The van der Waals surface area contributed by atoms with Gasteiger partial charge in [-0.2, -0.15) is 5.10 Å². The minimum atomic E-state index is -0.557. The SMILES string of the molecule is CCC[C@@H](CO)n1ncc(-c2onc(-c3ccccc3Cl)c2C(=O)OC2COC2)c1C. The van der Waals surface area contributed by atoms with E-state index in [1.54, 1.807) is 29.1 Å². The number of aliphatic hydroxyl groups excluding tert-OH is 1. The summed E-state index contributed by atoms with van der Waals surface area (Å²) in [6, 6.07) is 6.94. The van der Waals surface area contributed by atoms with Crippen LogP contribution in [-0.2, 0) is 9.47 Å². The monoisotopic (exact) mass is 445 g/mol. The number of aliphatic hydroxyl groups is 1. The van der Waals surface area contributed by atoms with Crippen LogP contribution < -0.4 is 0 Å². The number of rotatable bonds is 8. The van der Waals surface area contributed by atoms with Crippen molar-refractivity contribution in [3.8, 4) is 22.6 Å². The molecule has 1 aromatic carbocycles. The minimum absolute atomic E-state index is 0.0341. The summed E-state index contributed by atoms with van der Waals surface area (Å²) in [4.78, 5) is 13.1. The third kappa shape index (κ3) is 4.11. The van der Waals surface area contributed by atoms with Crippen molar-refractivity contribution < 1.29 is 23.9 Å². The zero-order valence-corrected chi connectivity index (χ0v) is 18.1. The van der Waals surface area contributed by atoms with Gasteiger partial charge in [-0.25, -0.2) is 4.79 Å². The number of hydrogen-bond acceptors (Lipinski definition) is 7. The van der Waals surface area contributed by atoms with Gasteiger partial charge >= 0.3 is 5.97 Å². The van der Waals surface area contributed by atoms with Crippen LogP contribution in [-0.4, -0.2) is 51.9 Å². The number of carbonyl (C=O) groups excluding carboxylic acids is 1. The highest BCUT2D eigenvalue weighted by atomic mass is 35.5. The fourth-order valence-electron chi connectivity index (χ4n) is 3.63. The molecule has 0 radical (unpaired) electrons. The molecule has 0 bridgehead atoms. The lowest BCUT2D eigenvalue weighted by Crippen LogP contribution is -2.37. The van der Waals surface area contributed by atoms with E-state index in [1.807, 2.05) is 19.9 Å². The van der Waals surface area contributed by atoms with E-state index in [9.17, 15) is 9.90 Å². The van der Waals surface area contributed by atoms with Gasteiger partial charge in [0.1, 0.15) is 17.4 Å². The zero-order chi connectivity index (χ0) is 22.0. The van der Waals surface area contributed by atoms with Crippen molar-refractivity contribution in [2.24, 2.45) is 0 Å². The smallest absolute Gasteiger partial charge is 0.344 e. The number of hydrogen-bond donors (Lipinski definition) is 1. The predicted molar refractivity (Wildman–Crippen MR) is 114 cm³/mol. The number of benzene rings is 1. The van der Waals surface area contributed by atoms with Gasteiger partial charge in [0.2, 0.25) is 0 Å². The van der Waals surface area contributed by atoms with Crippen molar-refractivity contribution in [3.63, 3.8) is 0 Å². The zero-order valence-electron chi connectivity index (χ0n) is 17.4. The summed E-state index contributed by atoms with van der Waals surface area (Å²) in [5, 5.41) is 18.8. The summed E-state index contributed by atoms with van der Waals surface area (Å²) in [6.07, 6.45) is 2.99. The molecular formula is C22H24ClN3O5. The molecule has 1 fully saturated rings. The summed E-state index contributed by atoms with van der Waals surface area (Å²) in [5.41, 5.74) is 2.44. The Balaban J connectivity index is 1.80. The van der Waals surface area contributed by atoms with E-state index in [2.05, 4.69) is 10.3 Å². The van der Waals surface area contributed by atoms with Crippen molar-refractivity contribution in [3.05, 3.63) is 46.7 Å². The van der Waals surface area contributed by atoms with Crippen LogP contribution in [0.5, 0.6) is 0 Å². The highest BCUT2D eigenvalue weighted by Crippen LogP contribution is 2.37. The van der Waals surface area contributed by atoms with Crippen molar-refractivity contribution in [1.82, 2.24) is 14.9 Å². The maximum Gasteiger partial charge on any atom is 0.344 e. The second kappa shape index (κ2) is 9.21. The molecule has 3 aromatic rings. The highest BCUT2D eigenvalue weighted by Gasteiger charge is 2.33. The molecule has 164 valence electrons. The van der Waals surface area contributed by atoms with Gasteiger partial charge in [-0.3, -0.25) is 4.68 Å². The lowest BCUT2D eigenvalue weighted by molar-refractivity contribution is -0.103. The molecule has 1 aliphatic rings. The van der Waals surface area contributed by atoms with E-state index >= 15 is 0 Å².